The minimum atomic E-state index is -0.342. The Bertz CT molecular complexity index is 813. The van der Waals surface area contributed by atoms with Crippen LogP contribution in [0.4, 0.5) is 17.1 Å². The average Bonchev–Trinajstić information content (AvgIpc) is 3.27. The van der Waals surface area contributed by atoms with E-state index in [4.69, 9.17) is 9.47 Å². The maximum absolute atomic E-state index is 12.1. The lowest BCUT2D eigenvalue weighted by molar-refractivity contribution is -0.115. The predicted molar refractivity (Wildman–Crippen MR) is 101 cm³/mol. The van der Waals surface area contributed by atoms with E-state index in [0.29, 0.717) is 19.8 Å². The molecular weight excluding hydrogens is 330 g/mol. The smallest absolute Gasteiger partial charge is 0.237 e. The first kappa shape index (κ1) is 16.8. The summed E-state index contributed by atoms with van der Waals surface area (Å²) in [4.78, 5) is 18.7. The van der Waals surface area contributed by atoms with Crippen LogP contribution in [0.25, 0.3) is 0 Å². The zero-order valence-corrected chi connectivity index (χ0v) is 14.6. The van der Waals surface area contributed by atoms with Gasteiger partial charge >= 0.3 is 0 Å². The molecule has 26 heavy (non-hydrogen) atoms. The lowest BCUT2D eigenvalue weighted by atomic mass is 10.0. The van der Waals surface area contributed by atoms with Crippen molar-refractivity contribution in [3.63, 3.8) is 0 Å². The van der Waals surface area contributed by atoms with Crippen molar-refractivity contribution in [1.82, 2.24) is 0 Å². The highest BCUT2D eigenvalue weighted by Gasteiger charge is 2.28. The van der Waals surface area contributed by atoms with Crippen LogP contribution in [0.3, 0.4) is 0 Å². The van der Waals surface area contributed by atoms with Gasteiger partial charge in [0.05, 0.1) is 25.4 Å². The Morgan fingerprint density at radius 3 is 2.65 bits per heavy atom. The minimum Gasteiger partial charge on any atom is -0.369 e. The SMILES string of the molecule is CN(CC1OCCO1)c1ccc(N=CC2C(=O)Nc3ccccc32)cc1. The zero-order chi connectivity index (χ0) is 17.9. The van der Waals surface area contributed by atoms with E-state index in [2.05, 4.69) is 15.2 Å². The third-order valence-electron chi connectivity index (χ3n) is 4.61. The molecule has 1 saturated heterocycles. The van der Waals surface area contributed by atoms with E-state index < -0.39 is 0 Å². The number of hydrogen-bond donors (Lipinski definition) is 1. The second kappa shape index (κ2) is 7.27. The summed E-state index contributed by atoms with van der Waals surface area (Å²) < 4.78 is 11.0. The van der Waals surface area contributed by atoms with Crippen molar-refractivity contribution in [2.75, 3.05) is 37.0 Å². The Balaban J connectivity index is 1.42. The van der Waals surface area contributed by atoms with Crippen molar-refractivity contribution in [1.29, 1.82) is 0 Å². The molecule has 2 aromatic rings. The number of carbonyl (C=O) groups is 1. The second-order valence-electron chi connectivity index (χ2n) is 6.40. The molecule has 2 heterocycles. The first-order chi connectivity index (χ1) is 12.7. The van der Waals surface area contributed by atoms with Gasteiger partial charge in [0, 0.05) is 24.6 Å². The van der Waals surface area contributed by atoms with E-state index >= 15 is 0 Å². The number of para-hydroxylation sites is 1. The Kier molecular flexibility index (Phi) is 4.69. The molecule has 0 saturated carbocycles. The molecule has 1 amide bonds. The minimum absolute atomic E-state index is 0.0390. The van der Waals surface area contributed by atoms with Crippen LogP contribution in [-0.2, 0) is 14.3 Å². The fourth-order valence-corrected chi connectivity index (χ4v) is 3.18. The number of nitrogens with zero attached hydrogens (tertiary/aromatic N) is 2. The van der Waals surface area contributed by atoms with Crippen LogP contribution in [-0.4, -0.2) is 45.2 Å². The quantitative estimate of drug-likeness (QED) is 0.842. The lowest BCUT2D eigenvalue weighted by Gasteiger charge is -2.22. The summed E-state index contributed by atoms with van der Waals surface area (Å²) in [5.41, 5.74) is 3.70. The number of nitrogens with one attached hydrogen (secondary N) is 1. The predicted octanol–water partition coefficient (Wildman–Crippen LogP) is 2.93. The van der Waals surface area contributed by atoms with Gasteiger partial charge in [0.1, 0.15) is 5.92 Å². The van der Waals surface area contributed by atoms with Crippen molar-refractivity contribution >= 4 is 29.2 Å². The van der Waals surface area contributed by atoms with Crippen LogP contribution >= 0.6 is 0 Å². The van der Waals surface area contributed by atoms with Crippen LogP contribution in [0, 0.1) is 0 Å². The summed E-state index contributed by atoms with van der Waals surface area (Å²) in [7, 11) is 2.00. The molecule has 2 aliphatic heterocycles. The Labute approximate surface area is 152 Å². The van der Waals surface area contributed by atoms with E-state index in [-0.39, 0.29) is 18.1 Å². The van der Waals surface area contributed by atoms with Gasteiger partial charge in [-0.15, -0.1) is 0 Å². The number of aliphatic imine (C=N–C) groups is 1. The third kappa shape index (κ3) is 3.47. The van der Waals surface area contributed by atoms with Crippen LogP contribution in [0.15, 0.2) is 53.5 Å². The molecule has 0 radical (unpaired) electrons. The van der Waals surface area contributed by atoms with E-state index in [0.717, 1.165) is 22.6 Å². The Morgan fingerprint density at radius 2 is 1.88 bits per heavy atom. The number of likely N-dealkylation sites (N-methyl/N-ethyl adjacent to an activating group) is 1. The molecule has 6 heteroatoms. The maximum atomic E-state index is 12.1. The van der Waals surface area contributed by atoms with Crippen molar-refractivity contribution in [2.24, 2.45) is 4.99 Å². The molecule has 1 fully saturated rings. The summed E-state index contributed by atoms with van der Waals surface area (Å²) in [6, 6.07) is 15.6. The molecule has 1 atom stereocenters. The van der Waals surface area contributed by atoms with Crippen LogP contribution < -0.4 is 10.2 Å². The van der Waals surface area contributed by atoms with Gasteiger partial charge in [0.15, 0.2) is 6.29 Å². The standard InChI is InChI=1S/C20H21N3O3/c1-23(13-19-25-10-11-26-19)15-8-6-14(7-9-15)21-12-17-16-4-2-3-5-18(16)22-20(17)24/h2-9,12,17,19H,10-11,13H2,1H3,(H,22,24). The molecule has 2 aromatic carbocycles. The molecular formula is C20H21N3O3. The van der Waals surface area contributed by atoms with Crippen molar-refractivity contribution in [3.8, 4) is 0 Å². The molecule has 0 spiro atoms. The molecule has 0 aromatic heterocycles. The molecule has 4 rings (SSSR count). The monoisotopic (exact) mass is 351 g/mol. The highest BCUT2D eigenvalue weighted by atomic mass is 16.7. The van der Waals surface area contributed by atoms with Gasteiger partial charge < -0.3 is 19.7 Å². The van der Waals surface area contributed by atoms with Crippen molar-refractivity contribution in [2.45, 2.75) is 12.2 Å². The van der Waals surface area contributed by atoms with Crippen LogP contribution in [0.1, 0.15) is 11.5 Å². The van der Waals surface area contributed by atoms with Crippen LogP contribution in [0.5, 0.6) is 0 Å². The van der Waals surface area contributed by atoms with E-state index in [1.54, 1.807) is 6.21 Å². The van der Waals surface area contributed by atoms with Gasteiger partial charge in [-0.25, -0.2) is 0 Å². The highest BCUT2D eigenvalue weighted by Crippen LogP contribution is 2.31. The number of carbonyl (C=O) groups excluding carboxylic acids is 1. The summed E-state index contributed by atoms with van der Waals surface area (Å²) in [6.45, 7) is 2.00. The number of anilines is 2. The number of fused-ring (bicyclic) bond motifs is 1. The Morgan fingerprint density at radius 1 is 1.15 bits per heavy atom. The molecule has 2 aliphatic rings. The number of rotatable bonds is 5. The van der Waals surface area contributed by atoms with Gasteiger partial charge in [-0.1, -0.05) is 18.2 Å². The summed E-state index contributed by atoms with van der Waals surface area (Å²) in [5.74, 6) is -0.381. The highest BCUT2D eigenvalue weighted by molar-refractivity contribution is 6.12. The first-order valence-corrected chi connectivity index (χ1v) is 8.69. The number of amides is 1. The largest absolute Gasteiger partial charge is 0.369 e. The molecule has 1 N–H and O–H groups in total. The lowest BCUT2D eigenvalue weighted by Crippen LogP contribution is -2.29. The van der Waals surface area contributed by atoms with E-state index in [9.17, 15) is 4.79 Å². The summed E-state index contributed by atoms with van der Waals surface area (Å²) >= 11 is 0. The molecule has 1 unspecified atom stereocenters. The van der Waals surface area contributed by atoms with Crippen molar-refractivity contribution < 1.29 is 14.3 Å². The average molecular weight is 351 g/mol. The zero-order valence-electron chi connectivity index (χ0n) is 14.6. The topological polar surface area (TPSA) is 63.2 Å². The fourth-order valence-electron chi connectivity index (χ4n) is 3.18. The Hall–Kier alpha value is -2.70. The molecule has 0 aliphatic carbocycles. The summed E-state index contributed by atoms with van der Waals surface area (Å²) in [5, 5.41) is 2.88. The molecule has 0 bridgehead atoms. The second-order valence-corrected chi connectivity index (χ2v) is 6.40. The van der Waals surface area contributed by atoms with Gasteiger partial charge in [0.2, 0.25) is 5.91 Å². The number of ether oxygens (including phenoxy) is 2. The molecule has 6 nitrogen and oxygen atoms in total. The van der Waals surface area contributed by atoms with E-state index in [1.165, 1.54) is 0 Å². The number of benzene rings is 2. The van der Waals surface area contributed by atoms with Gasteiger partial charge in [-0.05, 0) is 35.9 Å². The first-order valence-electron chi connectivity index (χ1n) is 8.69. The molecule has 134 valence electrons. The fraction of sp³-hybridized carbons (Fsp3) is 0.300. The van der Waals surface area contributed by atoms with Crippen molar-refractivity contribution in [3.05, 3.63) is 54.1 Å². The summed E-state index contributed by atoms with van der Waals surface area (Å²) in [6.07, 6.45) is 1.54. The van der Waals surface area contributed by atoms with Gasteiger partial charge in [-0.2, -0.15) is 0 Å². The number of hydrogen-bond acceptors (Lipinski definition) is 5. The van der Waals surface area contributed by atoms with E-state index in [1.807, 2.05) is 55.6 Å². The van der Waals surface area contributed by atoms with Gasteiger partial charge in [0.25, 0.3) is 0 Å². The third-order valence-corrected chi connectivity index (χ3v) is 4.61. The van der Waals surface area contributed by atoms with Gasteiger partial charge in [-0.3, -0.25) is 9.79 Å². The maximum Gasteiger partial charge on any atom is 0.237 e. The van der Waals surface area contributed by atoms with Crippen LogP contribution in [0.2, 0.25) is 0 Å². The normalized spacial score (nSPS) is 19.7.